The molecule has 1 N–H and O–H groups in total. The van der Waals surface area contributed by atoms with E-state index >= 15 is 0 Å². The van der Waals surface area contributed by atoms with Crippen LogP contribution in [0.2, 0.25) is 0 Å². The predicted octanol–water partition coefficient (Wildman–Crippen LogP) is 3.38. The summed E-state index contributed by atoms with van der Waals surface area (Å²) in [5, 5.41) is 3.11. The minimum Gasteiger partial charge on any atom is -0.373 e. The zero-order valence-corrected chi connectivity index (χ0v) is 15.3. The summed E-state index contributed by atoms with van der Waals surface area (Å²) in [5.41, 5.74) is 2.70. The molecule has 5 nitrogen and oxygen atoms in total. The van der Waals surface area contributed by atoms with Crippen molar-refractivity contribution >= 4 is 15.7 Å². The van der Waals surface area contributed by atoms with Crippen LogP contribution < -0.4 is 5.32 Å². The van der Waals surface area contributed by atoms with E-state index in [4.69, 9.17) is 4.74 Å². The second-order valence-corrected chi connectivity index (χ2v) is 8.34. The third-order valence-corrected chi connectivity index (χ3v) is 5.55. The van der Waals surface area contributed by atoms with Gasteiger partial charge in [-0.2, -0.15) is 0 Å². The minimum atomic E-state index is -3.28. The van der Waals surface area contributed by atoms with E-state index in [1.165, 1.54) is 17.4 Å². The van der Waals surface area contributed by atoms with Gasteiger partial charge in [-0.25, -0.2) is 13.4 Å². The van der Waals surface area contributed by atoms with Gasteiger partial charge in [0.05, 0.1) is 6.10 Å². The van der Waals surface area contributed by atoms with E-state index in [1.807, 2.05) is 0 Å². The van der Waals surface area contributed by atoms with Crippen molar-refractivity contribution in [3.05, 3.63) is 53.7 Å². The first-order valence-electron chi connectivity index (χ1n) is 8.64. The molecular formula is C19H24N2O3S. The molecule has 1 atom stereocenters. The highest BCUT2D eigenvalue weighted by molar-refractivity contribution is 7.90. The number of sulfone groups is 1. The maximum absolute atomic E-state index is 11.8. The average molecular weight is 360 g/mol. The second kappa shape index (κ2) is 7.97. The number of ether oxygens (including phenoxy) is 1. The number of hydrogen-bond donors (Lipinski definition) is 1. The molecule has 6 heteroatoms. The Hall–Kier alpha value is -1.92. The summed E-state index contributed by atoms with van der Waals surface area (Å²) >= 11 is 0. The lowest BCUT2D eigenvalue weighted by Crippen LogP contribution is -2.15. The molecule has 1 aliphatic carbocycles. The molecule has 0 fully saturated rings. The fraction of sp³-hybridized carbons (Fsp3) is 0.421. The molecule has 0 amide bonds. The smallest absolute Gasteiger partial charge is 0.179 e. The highest BCUT2D eigenvalue weighted by Crippen LogP contribution is 2.32. The first-order valence-corrected chi connectivity index (χ1v) is 10.5. The van der Waals surface area contributed by atoms with Crippen LogP contribution >= 0.6 is 0 Å². The summed E-state index contributed by atoms with van der Waals surface area (Å²) in [6, 6.07) is 11.7. The van der Waals surface area contributed by atoms with Crippen LogP contribution in [0.4, 0.5) is 5.82 Å². The number of pyridine rings is 1. The Kier molecular flexibility index (Phi) is 5.71. The highest BCUT2D eigenvalue weighted by Gasteiger charge is 2.20. The van der Waals surface area contributed by atoms with Crippen LogP contribution in [-0.4, -0.2) is 32.8 Å². The van der Waals surface area contributed by atoms with Gasteiger partial charge < -0.3 is 10.1 Å². The summed E-state index contributed by atoms with van der Waals surface area (Å²) in [5.74, 6) is 0.410. The monoisotopic (exact) mass is 360 g/mol. The number of benzene rings is 1. The summed E-state index contributed by atoms with van der Waals surface area (Å²) < 4.78 is 29.6. The molecule has 1 heterocycles. The lowest BCUT2D eigenvalue weighted by molar-refractivity contribution is 0.0406. The van der Waals surface area contributed by atoms with Crippen molar-refractivity contribution < 1.29 is 13.2 Å². The summed E-state index contributed by atoms with van der Waals surface area (Å²) in [7, 11) is -3.28. The van der Waals surface area contributed by atoms with E-state index in [0.717, 1.165) is 25.7 Å². The topological polar surface area (TPSA) is 68.3 Å². The van der Waals surface area contributed by atoms with Gasteiger partial charge in [-0.1, -0.05) is 24.3 Å². The second-order valence-electron chi connectivity index (χ2n) is 6.35. The number of aromatic nitrogens is 1. The van der Waals surface area contributed by atoms with Crippen molar-refractivity contribution in [1.82, 2.24) is 4.98 Å². The average Bonchev–Trinajstić information content (AvgIpc) is 2.61. The van der Waals surface area contributed by atoms with Crippen LogP contribution in [0, 0.1) is 0 Å². The molecule has 0 radical (unpaired) electrons. The molecule has 25 heavy (non-hydrogen) atoms. The normalized spacial score (nSPS) is 17.1. The quantitative estimate of drug-likeness (QED) is 0.767. The lowest BCUT2D eigenvalue weighted by atomic mass is 9.89. The molecule has 0 aliphatic heterocycles. The number of rotatable bonds is 7. The van der Waals surface area contributed by atoms with Gasteiger partial charge in [0.1, 0.15) is 10.7 Å². The van der Waals surface area contributed by atoms with Gasteiger partial charge in [-0.05, 0) is 48.9 Å². The van der Waals surface area contributed by atoms with Crippen molar-refractivity contribution in [2.75, 3.05) is 24.7 Å². The van der Waals surface area contributed by atoms with E-state index in [1.54, 1.807) is 18.3 Å². The minimum absolute atomic E-state index is 0.173. The van der Waals surface area contributed by atoms with E-state index in [-0.39, 0.29) is 11.0 Å². The van der Waals surface area contributed by atoms with Crippen molar-refractivity contribution in [2.24, 2.45) is 0 Å². The molecule has 134 valence electrons. The maximum Gasteiger partial charge on any atom is 0.179 e. The molecule has 1 aromatic heterocycles. The third kappa shape index (κ3) is 4.58. The SMILES string of the molecule is CS(=O)(=O)c1cccnc1NCCCOC1CCCc2ccccc21. The molecule has 0 saturated heterocycles. The Morgan fingerprint density at radius 1 is 1.24 bits per heavy atom. The molecule has 0 spiro atoms. The highest BCUT2D eigenvalue weighted by atomic mass is 32.2. The number of hydrogen-bond acceptors (Lipinski definition) is 5. The maximum atomic E-state index is 11.8. The van der Waals surface area contributed by atoms with E-state index in [2.05, 4.69) is 34.6 Å². The molecule has 0 bridgehead atoms. The Morgan fingerprint density at radius 2 is 2.08 bits per heavy atom. The summed E-state index contributed by atoms with van der Waals surface area (Å²) in [6.07, 6.45) is 7.09. The Labute approximate surface area is 149 Å². The fourth-order valence-electron chi connectivity index (χ4n) is 3.21. The molecule has 3 rings (SSSR count). The Morgan fingerprint density at radius 3 is 2.92 bits per heavy atom. The van der Waals surface area contributed by atoms with Crippen LogP contribution in [0.5, 0.6) is 0 Å². The van der Waals surface area contributed by atoms with Crippen LogP contribution in [0.15, 0.2) is 47.5 Å². The van der Waals surface area contributed by atoms with Crippen LogP contribution in [-0.2, 0) is 21.0 Å². The van der Waals surface area contributed by atoms with Crippen LogP contribution in [0.3, 0.4) is 0 Å². The van der Waals surface area contributed by atoms with Crippen molar-refractivity contribution in [3.63, 3.8) is 0 Å². The van der Waals surface area contributed by atoms with Gasteiger partial charge in [-0.3, -0.25) is 0 Å². The van der Waals surface area contributed by atoms with Gasteiger partial charge >= 0.3 is 0 Å². The van der Waals surface area contributed by atoms with Gasteiger partial charge in [-0.15, -0.1) is 0 Å². The Balaban J connectivity index is 1.49. The van der Waals surface area contributed by atoms with E-state index < -0.39 is 9.84 Å². The number of nitrogens with zero attached hydrogens (tertiary/aromatic N) is 1. The molecule has 1 aromatic carbocycles. The van der Waals surface area contributed by atoms with Crippen LogP contribution in [0.25, 0.3) is 0 Å². The van der Waals surface area contributed by atoms with Crippen molar-refractivity contribution in [3.8, 4) is 0 Å². The molecule has 1 aliphatic rings. The number of anilines is 1. The number of nitrogens with one attached hydrogen (secondary N) is 1. The zero-order valence-electron chi connectivity index (χ0n) is 14.4. The summed E-state index contributed by atoms with van der Waals surface area (Å²) in [4.78, 5) is 4.36. The number of aryl methyl sites for hydroxylation is 1. The van der Waals surface area contributed by atoms with Gasteiger partial charge in [0.25, 0.3) is 0 Å². The van der Waals surface area contributed by atoms with Crippen molar-refractivity contribution in [1.29, 1.82) is 0 Å². The van der Waals surface area contributed by atoms with Gasteiger partial charge in [0, 0.05) is 25.6 Å². The predicted molar refractivity (Wildman–Crippen MR) is 98.5 cm³/mol. The van der Waals surface area contributed by atoms with Gasteiger partial charge in [0.2, 0.25) is 0 Å². The molecule has 2 aromatic rings. The summed E-state index contributed by atoms with van der Waals surface area (Å²) in [6.45, 7) is 1.25. The van der Waals surface area contributed by atoms with Gasteiger partial charge in [0.15, 0.2) is 9.84 Å². The van der Waals surface area contributed by atoms with E-state index in [9.17, 15) is 8.42 Å². The third-order valence-electron chi connectivity index (χ3n) is 4.42. The molecule has 0 saturated carbocycles. The fourth-order valence-corrected chi connectivity index (χ4v) is 4.01. The van der Waals surface area contributed by atoms with Crippen molar-refractivity contribution in [2.45, 2.75) is 36.7 Å². The molecular weight excluding hydrogens is 336 g/mol. The largest absolute Gasteiger partial charge is 0.373 e. The number of fused-ring (bicyclic) bond motifs is 1. The lowest BCUT2D eigenvalue weighted by Gasteiger charge is -2.25. The zero-order chi connectivity index (χ0) is 17.7. The van der Waals surface area contributed by atoms with Crippen LogP contribution in [0.1, 0.15) is 36.5 Å². The van der Waals surface area contributed by atoms with E-state index in [0.29, 0.717) is 19.0 Å². The Bertz CT molecular complexity index is 821. The first-order chi connectivity index (χ1) is 12.1. The standard InChI is InChI=1S/C19H24N2O3S/c1-25(22,23)18-11-5-12-20-19(18)21-13-6-14-24-17-10-4-8-15-7-2-3-9-16(15)17/h2-3,5,7,9,11-12,17H,4,6,8,10,13-14H2,1H3,(H,20,21). The molecule has 1 unspecified atom stereocenters. The first kappa shape index (κ1) is 17.9.